The van der Waals surface area contributed by atoms with E-state index in [1.807, 2.05) is 0 Å². The Balaban J connectivity index is 2.01. The highest BCUT2D eigenvalue weighted by Crippen LogP contribution is 2.22. The molecule has 1 heterocycles. The number of anilines is 1. The molecule has 0 unspecified atom stereocenters. The standard InChI is InChI=1S/C15H14N2O6S2/c1-17-13-7-6-12(9-14(13)23-15(17)18)25(21,22)16-10-4-3-5-11(8-10)24(2,19)20/h3-9,16H,1-2H3. The lowest BCUT2D eigenvalue weighted by atomic mass is 10.3. The van der Waals surface area contributed by atoms with E-state index in [-0.39, 0.29) is 21.1 Å². The molecule has 0 atom stereocenters. The minimum absolute atomic E-state index is 0.00259. The average molecular weight is 382 g/mol. The predicted molar refractivity (Wildman–Crippen MR) is 91.8 cm³/mol. The van der Waals surface area contributed by atoms with Crippen molar-refractivity contribution in [3.63, 3.8) is 0 Å². The monoisotopic (exact) mass is 382 g/mol. The average Bonchev–Trinajstić information content (AvgIpc) is 2.80. The molecular weight excluding hydrogens is 368 g/mol. The molecule has 0 saturated heterocycles. The lowest BCUT2D eigenvalue weighted by Crippen LogP contribution is -2.13. The van der Waals surface area contributed by atoms with E-state index in [0.29, 0.717) is 5.52 Å². The number of benzene rings is 2. The lowest BCUT2D eigenvalue weighted by Gasteiger charge is -2.09. The molecule has 0 aliphatic carbocycles. The second-order valence-corrected chi connectivity index (χ2v) is 9.16. The molecular formula is C15H14N2O6S2. The summed E-state index contributed by atoms with van der Waals surface area (Å²) in [6.45, 7) is 0. The number of aryl methyl sites for hydroxylation is 1. The summed E-state index contributed by atoms with van der Waals surface area (Å²) in [6, 6.07) is 9.51. The van der Waals surface area contributed by atoms with Crippen LogP contribution in [-0.2, 0) is 26.9 Å². The Hall–Kier alpha value is -2.59. The highest BCUT2D eigenvalue weighted by Gasteiger charge is 2.18. The van der Waals surface area contributed by atoms with Crippen molar-refractivity contribution >= 4 is 36.6 Å². The number of hydrogen-bond acceptors (Lipinski definition) is 6. The summed E-state index contributed by atoms with van der Waals surface area (Å²) in [5, 5.41) is 0. The lowest BCUT2D eigenvalue weighted by molar-refractivity contribution is 0.527. The Morgan fingerprint density at radius 2 is 1.72 bits per heavy atom. The summed E-state index contributed by atoms with van der Waals surface area (Å²) >= 11 is 0. The van der Waals surface area contributed by atoms with Crippen molar-refractivity contribution in [2.75, 3.05) is 11.0 Å². The van der Waals surface area contributed by atoms with Crippen LogP contribution in [0.2, 0.25) is 0 Å². The topological polar surface area (TPSA) is 115 Å². The first-order chi connectivity index (χ1) is 11.6. The third kappa shape index (κ3) is 3.30. The van der Waals surface area contributed by atoms with E-state index in [0.717, 1.165) is 6.26 Å². The first-order valence-corrected chi connectivity index (χ1v) is 10.4. The minimum Gasteiger partial charge on any atom is -0.408 e. The molecule has 3 aromatic rings. The van der Waals surface area contributed by atoms with Crippen LogP contribution < -0.4 is 10.5 Å². The van der Waals surface area contributed by atoms with Crippen LogP contribution in [0.4, 0.5) is 5.69 Å². The maximum atomic E-state index is 12.5. The van der Waals surface area contributed by atoms with Gasteiger partial charge >= 0.3 is 5.76 Å². The van der Waals surface area contributed by atoms with Gasteiger partial charge in [-0.05, 0) is 30.3 Å². The smallest absolute Gasteiger partial charge is 0.408 e. The van der Waals surface area contributed by atoms with E-state index < -0.39 is 25.6 Å². The molecule has 0 aliphatic heterocycles. The summed E-state index contributed by atoms with van der Waals surface area (Å²) in [4.78, 5) is 11.4. The molecule has 0 saturated carbocycles. The van der Waals surface area contributed by atoms with E-state index in [9.17, 15) is 21.6 Å². The number of hydrogen-bond donors (Lipinski definition) is 1. The van der Waals surface area contributed by atoms with E-state index in [4.69, 9.17) is 4.42 Å². The number of rotatable bonds is 4. The Bertz CT molecular complexity index is 1240. The maximum Gasteiger partial charge on any atom is 0.419 e. The Kier molecular flexibility index (Phi) is 3.96. The van der Waals surface area contributed by atoms with Crippen molar-refractivity contribution < 1.29 is 21.3 Å². The molecule has 132 valence electrons. The van der Waals surface area contributed by atoms with Crippen LogP contribution >= 0.6 is 0 Å². The van der Waals surface area contributed by atoms with Crippen molar-refractivity contribution in [1.29, 1.82) is 0 Å². The molecule has 10 heteroatoms. The minimum atomic E-state index is -3.99. The number of aromatic nitrogens is 1. The SMILES string of the molecule is Cn1c(=O)oc2cc(S(=O)(=O)Nc3cccc(S(C)(=O)=O)c3)ccc21. The van der Waals surface area contributed by atoms with E-state index >= 15 is 0 Å². The molecule has 0 spiro atoms. The van der Waals surface area contributed by atoms with E-state index in [2.05, 4.69) is 4.72 Å². The van der Waals surface area contributed by atoms with Gasteiger partial charge in [0, 0.05) is 19.4 Å². The van der Waals surface area contributed by atoms with Crippen LogP contribution in [0.1, 0.15) is 0 Å². The second-order valence-electron chi connectivity index (χ2n) is 5.46. The summed E-state index contributed by atoms with van der Waals surface area (Å²) < 4.78 is 56.7. The van der Waals surface area contributed by atoms with Crippen molar-refractivity contribution in [3.8, 4) is 0 Å². The third-order valence-corrected chi connectivity index (χ3v) is 6.08. The first kappa shape index (κ1) is 17.2. The molecule has 1 aromatic heterocycles. The Labute approximate surface area is 143 Å². The van der Waals surface area contributed by atoms with Crippen LogP contribution in [0, 0.1) is 0 Å². The molecule has 2 aromatic carbocycles. The molecule has 25 heavy (non-hydrogen) atoms. The van der Waals surface area contributed by atoms with Gasteiger partial charge in [-0.2, -0.15) is 0 Å². The van der Waals surface area contributed by atoms with Gasteiger partial charge in [0.25, 0.3) is 10.0 Å². The van der Waals surface area contributed by atoms with Crippen LogP contribution in [0.3, 0.4) is 0 Å². The van der Waals surface area contributed by atoms with Gasteiger partial charge in [-0.15, -0.1) is 0 Å². The first-order valence-electron chi connectivity index (χ1n) is 7.00. The number of sulfonamides is 1. The summed E-state index contributed by atoms with van der Waals surface area (Å²) in [5.41, 5.74) is 0.709. The zero-order chi connectivity index (χ0) is 18.4. The molecule has 3 rings (SSSR count). The van der Waals surface area contributed by atoms with Gasteiger partial charge in [-0.3, -0.25) is 9.29 Å². The van der Waals surface area contributed by atoms with E-state index in [1.165, 1.54) is 54.1 Å². The van der Waals surface area contributed by atoms with Crippen molar-refractivity contribution in [1.82, 2.24) is 4.57 Å². The van der Waals surface area contributed by atoms with Crippen LogP contribution in [0.15, 0.2) is 61.5 Å². The molecule has 1 N–H and O–H groups in total. The fourth-order valence-corrected chi connectivity index (χ4v) is 4.02. The van der Waals surface area contributed by atoms with Gasteiger partial charge in [0.15, 0.2) is 15.4 Å². The summed E-state index contributed by atoms with van der Waals surface area (Å²) in [5.74, 6) is -0.599. The number of oxazole rings is 1. The Morgan fingerprint density at radius 3 is 2.40 bits per heavy atom. The fourth-order valence-electron chi connectivity index (χ4n) is 2.29. The largest absolute Gasteiger partial charge is 0.419 e. The van der Waals surface area contributed by atoms with Gasteiger partial charge < -0.3 is 4.42 Å². The van der Waals surface area contributed by atoms with Crippen LogP contribution in [0.25, 0.3) is 11.1 Å². The van der Waals surface area contributed by atoms with Crippen molar-refractivity contribution in [2.45, 2.75) is 9.79 Å². The number of fused-ring (bicyclic) bond motifs is 1. The van der Waals surface area contributed by atoms with Crippen molar-refractivity contribution in [3.05, 3.63) is 53.0 Å². The summed E-state index contributed by atoms with van der Waals surface area (Å²) in [7, 11) is -5.94. The zero-order valence-electron chi connectivity index (χ0n) is 13.3. The number of nitrogens with zero attached hydrogens (tertiary/aromatic N) is 1. The zero-order valence-corrected chi connectivity index (χ0v) is 14.9. The molecule has 0 amide bonds. The number of nitrogens with one attached hydrogen (secondary N) is 1. The van der Waals surface area contributed by atoms with Gasteiger partial charge in [0.1, 0.15) is 0 Å². The number of sulfone groups is 1. The molecule has 0 aliphatic rings. The van der Waals surface area contributed by atoms with Gasteiger partial charge in [-0.25, -0.2) is 21.6 Å². The Morgan fingerprint density at radius 1 is 1.00 bits per heavy atom. The van der Waals surface area contributed by atoms with E-state index in [1.54, 1.807) is 0 Å². The van der Waals surface area contributed by atoms with Crippen molar-refractivity contribution in [2.24, 2.45) is 7.05 Å². The van der Waals surface area contributed by atoms with Gasteiger partial charge in [0.05, 0.1) is 21.0 Å². The summed E-state index contributed by atoms with van der Waals surface area (Å²) in [6.07, 6.45) is 1.03. The molecule has 0 bridgehead atoms. The van der Waals surface area contributed by atoms with Gasteiger partial charge in [-0.1, -0.05) is 6.07 Å². The van der Waals surface area contributed by atoms with Crippen LogP contribution in [-0.4, -0.2) is 27.7 Å². The van der Waals surface area contributed by atoms with Crippen LogP contribution in [0.5, 0.6) is 0 Å². The van der Waals surface area contributed by atoms with Gasteiger partial charge in [0.2, 0.25) is 0 Å². The second kappa shape index (κ2) is 5.74. The normalized spacial score (nSPS) is 12.4. The molecule has 0 fully saturated rings. The highest BCUT2D eigenvalue weighted by atomic mass is 32.2. The molecule has 8 nitrogen and oxygen atoms in total. The maximum absolute atomic E-state index is 12.5. The highest BCUT2D eigenvalue weighted by molar-refractivity contribution is 7.92. The predicted octanol–water partition coefficient (Wildman–Crippen LogP) is 1.34. The third-order valence-electron chi connectivity index (χ3n) is 3.59. The fraction of sp³-hybridized carbons (Fsp3) is 0.133. The quantitative estimate of drug-likeness (QED) is 0.728. The molecule has 0 radical (unpaired) electrons.